The first-order chi connectivity index (χ1) is 19.9. The van der Waals surface area contributed by atoms with E-state index >= 15 is 0 Å². The van der Waals surface area contributed by atoms with Crippen LogP contribution in [0.2, 0.25) is 0 Å². The minimum Gasteiger partial charge on any atom is -0.441 e. The Morgan fingerprint density at radius 3 is 2.64 bits per heavy atom. The highest BCUT2D eigenvalue weighted by Gasteiger charge is 2.52. The number of anilines is 1. The fourth-order valence-corrected chi connectivity index (χ4v) is 6.96. The van der Waals surface area contributed by atoms with Gasteiger partial charge in [-0.1, -0.05) is 6.92 Å². The molecule has 224 valence electrons. The highest BCUT2D eigenvalue weighted by atomic mass is 31.2. The predicted octanol–water partition coefficient (Wildman–Crippen LogP) is 5.41. The highest BCUT2D eigenvalue weighted by molar-refractivity contribution is 7.53. The zero-order valence-corrected chi connectivity index (χ0v) is 25.6. The molecule has 1 amide bonds. The summed E-state index contributed by atoms with van der Waals surface area (Å²) < 4.78 is 36.3. The summed E-state index contributed by atoms with van der Waals surface area (Å²) in [5.41, 5.74) is 1.35. The van der Waals surface area contributed by atoms with E-state index in [4.69, 9.17) is 18.5 Å². The lowest BCUT2D eigenvalue weighted by Gasteiger charge is -2.43. The summed E-state index contributed by atoms with van der Waals surface area (Å²) in [4.78, 5) is 28.2. The van der Waals surface area contributed by atoms with Crippen molar-refractivity contribution in [3.63, 3.8) is 0 Å². The molecule has 1 aliphatic carbocycles. The SMILES string of the molecule is COP(=O)(CCOC(C)(C)c1cnc(N2C[C@@]3(CCC[C@](C)(Cn4cnc5ccc(C#N)cc54)C3)OC2=O)cn1)OC. The van der Waals surface area contributed by atoms with Crippen LogP contribution in [0.5, 0.6) is 0 Å². The van der Waals surface area contributed by atoms with Gasteiger partial charge in [0, 0.05) is 20.8 Å². The molecule has 13 heteroatoms. The van der Waals surface area contributed by atoms with Gasteiger partial charge in [0.05, 0.1) is 66.4 Å². The van der Waals surface area contributed by atoms with Crippen molar-refractivity contribution in [2.45, 2.75) is 64.2 Å². The van der Waals surface area contributed by atoms with Gasteiger partial charge in [0.15, 0.2) is 5.82 Å². The molecule has 1 saturated heterocycles. The number of hydrogen-bond acceptors (Lipinski definition) is 10. The van der Waals surface area contributed by atoms with Crippen molar-refractivity contribution >= 4 is 30.5 Å². The van der Waals surface area contributed by atoms with Gasteiger partial charge in [-0.2, -0.15) is 5.26 Å². The monoisotopic (exact) mass is 596 g/mol. The first kappa shape index (κ1) is 30.1. The summed E-state index contributed by atoms with van der Waals surface area (Å²) in [5.74, 6) is 0.414. The van der Waals surface area contributed by atoms with Crippen LogP contribution in [0.15, 0.2) is 36.9 Å². The van der Waals surface area contributed by atoms with Crippen molar-refractivity contribution in [1.82, 2.24) is 19.5 Å². The first-order valence-corrected chi connectivity index (χ1v) is 15.7. The number of carbonyl (C=O) groups is 1. The van der Waals surface area contributed by atoms with Crippen molar-refractivity contribution in [2.75, 3.05) is 38.4 Å². The Balaban J connectivity index is 1.26. The molecular formula is C29H37N6O6P. The van der Waals surface area contributed by atoms with E-state index in [1.54, 1.807) is 23.4 Å². The summed E-state index contributed by atoms with van der Waals surface area (Å²) in [6, 6.07) is 7.71. The lowest BCUT2D eigenvalue weighted by atomic mass is 9.68. The second-order valence-corrected chi connectivity index (χ2v) is 14.4. The number of amides is 1. The molecule has 1 aliphatic heterocycles. The number of rotatable bonds is 10. The van der Waals surface area contributed by atoms with Gasteiger partial charge in [0.25, 0.3) is 0 Å². The number of imidazole rings is 1. The van der Waals surface area contributed by atoms with Gasteiger partial charge in [0.2, 0.25) is 0 Å². The van der Waals surface area contributed by atoms with E-state index in [1.165, 1.54) is 14.2 Å². The third kappa shape index (κ3) is 6.06. The Labute approximate surface area is 245 Å². The Hall–Kier alpha value is -3.36. The number of ether oxygens (including phenoxy) is 2. The van der Waals surface area contributed by atoms with Crippen LogP contribution in [-0.2, 0) is 35.2 Å². The summed E-state index contributed by atoms with van der Waals surface area (Å²) in [7, 11) is -0.497. The molecule has 3 heterocycles. The van der Waals surface area contributed by atoms with Crippen LogP contribution in [0.4, 0.5) is 10.6 Å². The summed E-state index contributed by atoms with van der Waals surface area (Å²) in [6.07, 6.45) is 8.01. The maximum atomic E-state index is 13.1. The van der Waals surface area contributed by atoms with Crippen LogP contribution < -0.4 is 4.90 Å². The van der Waals surface area contributed by atoms with E-state index in [0.717, 1.165) is 30.3 Å². The quantitative estimate of drug-likeness (QED) is 0.279. The van der Waals surface area contributed by atoms with Crippen molar-refractivity contribution in [1.29, 1.82) is 5.26 Å². The molecule has 0 bridgehead atoms. The Morgan fingerprint density at radius 2 is 1.95 bits per heavy atom. The summed E-state index contributed by atoms with van der Waals surface area (Å²) in [5, 5.41) is 9.35. The number of fused-ring (bicyclic) bond motifs is 1. The van der Waals surface area contributed by atoms with Gasteiger partial charge in [-0.15, -0.1) is 0 Å². The molecule has 1 aromatic carbocycles. The van der Waals surface area contributed by atoms with Crippen LogP contribution in [0.1, 0.15) is 57.7 Å². The van der Waals surface area contributed by atoms with E-state index < -0.39 is 24.9 Å². The average Bonchev–Trinajstić information content (AvgIpc) is 3.51. The Kier molecular flexibility index (Phi) is 8.16. The minimum absolute atomic E-state index is 0.105. The largest absolute Gasteiger partial charge is 0.441 e. The maximum Gasteiger partial charge on any atom is 0.416 e. The fourth-order valence-electron chi connectivity index (χ4n) is 6.13. The highest BCUT2D eigenvalue weighted by Crippen LogP contribution is 2.48. The maximum absolute atomic E-state index is 13.1. The summed E-state index contributed by atoms with van der Waals surface area (Å²) in [6.45, 7) is 7.14. The van der Waals surface area contributed by atoms with Crippen molar-refractivity contribution in [3.05, 3.63) is 48.2 Å². The second-order valence-electron chi connectivity index (χ2n) is 12.0. The average molecular weight is 597 g/mol. The molecule has 2 fully saturated rings. The fraction of sp³-hybridized carbons (Fsp3) is 0.552. The Morgan fingerprint density at radius 1 is 1.17 bits per heavy atom. The van der Waals surface area contributed by atoms with E-state index in [0.29, 0.717) is 36.6 Å². The molecule has 0 N–H and O–H groups in total. The lowest BCUT2D eigenvalue weighted by Crippen LogP contribution is -2.45. The minimum atomic E-state index is -3.18. The van der Waals surface area contributed by atoms with Crippen LogP contribution >= 0.6 is 7.60 Å². The normalized spacial score (nSPS) is 23.0. The number of nitrogens with zero attached hydrogens (tertiary/aromatic N) is 6. The smallest absolute Gasteiger partial charge is 0.416 e. The number of carbonyl (C=O) groups excluding carboxylic acids is 1. The standard InChI is InChI=1S/C29H37N6O6P/c1-27(2,40-11-12-42(37,38-4)39-5)24-15-32-25(16-31-24)35-19-29(41-26(35)36)10-6-9-28(3,17-29)18-34-20-33-22-8-7-21(14-30)13-23(22)34/h7-8,13,15-16,20H,6,9-12,17-19H2,1-5H3/t28-,29-/m0/s1. The van der Waals surface area contributed by atoms with E-state index in [-0.39, 0.29) is 18.2 Å². The van der Waals surface area contributed by atoms with Crippen molar-refractivity contribution in [2.24, 2.45) is 5.41 Å². The van der Waals surface area contributed by atoms with Gasteiger partial charge in [-0.3, -0.25) is 14.4 Å². The molecule has 12 nitrogen and oxygen atoms in total. The molecule has 42 heavy (non-hydrogen) atoms. The van der Waals surface area contributed by atoms with Crippen molar-refractivity contribution in [3.8, 4) is 6.07 Å². The molecule has 5 rings (SSSR count). The molecule has 0 radical (unpaired) electrons. The van der Waals surface area contributed by atoms with Gasteiger partial charge < -0.3 is 23.1 Å². The number of aromatic nitrogens is 4. The molecule has 2 atom stereocenters. The molecule has 3 aromatic rings. The zero-order valence-electron chi connectivity index (χ0n) is 24.7. The van der Waals surface area contributed by atoms with Crippen LogP contribution in [0.25, 0.3) is 11.0 Å². The number of hydrogen-bond donors (Lipinski definition) is 0. The van der Waals surface area contributed by atoms with Gasteiger partial charge in [-0.05, 0) is 63.1 Å². The second kappa shape index (κ2) is 11.4. The van der Waals surface area contributed by atoms with E-state index in [1.807, 2.05) is 32.3 Å². The van der Waals surface area contributed by atoms with E-state index in [2.05, 4.69) is 32.5 Å². The predicted molar refractivity (Wildman–Crippen MR) is 155 cm³/mol. The molecule has 2 aromatic heterocycles. The zero-order chi connectivity index (χ0) is 30.2. The van der Waals surface area contributed by atoms with E-state index in [9.17, 15) is 14.6 Å². The van der Waals surface area contributed by atoms with Crippen LogP contribution in [-0.4, -0.2) is 64.7 Å². The number of benzene rings is 1. The van der Waals surface area contributed by atoms with Crippen molar-refractivity contribution < 1.29 is 27.9 Å². The third-order valence-electron chi connectivity index (χ3n) is 8.35. The topological polar surface area (TPSA) is 142 Å². The first-order valence-electron chi connectivity index (χ1n) is 14.0. The lowest BCUT2D eigenvalue weighted by molar-refractivity contribution is -0.0264. The van der Waals surface area contributed by atoms with Crippen LogP contribution in [0, 0.1) is 16.7 Å². The molecule has 1 spiro atoms. The van der Waals surface area contributed by atoms with Gasteiger partial charge in [0.1, 0.15) is 11.2 Å². The Bertz CT molecular complexity index is 1540. The molecule has 0 unspecified atom stereocenters. The van der Waals surface area contributed by atoms with Gasteiger partial charge in [-0.25, -0.2) is 14.8 Å². The van der Waals surface area contributed by atoms with Gasteiger partial charge >= 0.3 is 13.7 Å². The molecule has 2 aliphatic rings. The molecule has 1 saturated carbocycles. The van der Waals surface area contributed by atoms with Crippen LogP contribution in [0.3, 0.4) is 0 Å². The third-order valence-corrected chi connectivity index (χ3v) is 10.2. The summed E-state index contributed by atoms with van der Waals surface area (Å²) >= 11 is 0. The molecular weight excluding hydrogens is 559 g/mol. The number of nitriles is 1.